The van der Waals surface area contributed by atoms with E-state index in [1.54, 1.807) is 4.90 Å². The van der Waals surface area contributed by atoms with Crippen LogP contribution < -0.4 is 10.2 Å². The predicted octanol–water partition coefficient (Wildman–Crippen LogP) is 3.65. The van der Waals surface area contributed by atoms with E-state index in [-0.39, 0.29) is 12.6 Å². The van der Waals surface area contributed by atoms with Crippen LogP contribution in [0.25, 0.3) is 0 Å². The molecule has 3 rings (SSSR count). The van der Waals surface area contributed by atoms with Crippen LogP contribution >= 0.6 is 0 Å². The van der Waals surface area contributed by atoms with Crippen LogP contribution in [0, 0.1) is 5.92 Å². The second-order valence-corrected chi connectivity index (χ2v) is 6.91. The number of carbonyl (C=O) groups excluding carboxylic acids is 1. The van der Waals surface area contributed by atoms with Gasteiger partial charge in [0.2, 0.25) is 0 Å². The lowest BCUT2D eigenvalue weighted by Crippen LogP contribution is -2.44. The summed E-state index contributed by atoms with van der Waals surface area (Å²) in [7, 11) is 1.99. The number of nitrogens with one attached hydrogen (secondary N) is 1. The number of likely N-dealkylation sites (tertiary alicyclic amines) is 1. The molecule has 0 radical (unpaired) electrons. The minimum Gasteiger partial charge on any atom is -0.481 e. The Bertz CT molecular complexity index is 794. The number of para-hydroxylation sites is 2. The maximum Gasteiger partial charge on any atom is 0.321 e. The van der Waals surface area contributed by atoms with Crippen molar-refractivity contribution in [3.63, 3.8) is 0 Å². The summed E-state index contributed by atoms with van der Waals surface area (Å²) in [5.74, 6) is -1.32. The topological polar surface area (TPSA) is 72.9 Å². The van der Waals surface area contributed by atoms with Crippen LogP contribution in [-0.2, 0) is 11.3 Å². The average Bonchev–Trinajstić information content (AvgIpc) is 2.69. The highest BCUT2D eigenvalue weighted by Crippen LogP contribution is 2.27. The summed E-state index contributed by atoms with van der Waals surface area (Å²) in [5.41, 5.74) is 2.82. The Morgan fingerprint density at radius 3 is 2.59 bits per heavy atom. The Morgan fingerprint density at radius 1 is 1.15 bits per heavy atom. The Hall–Kier alpha value is -3.02. The zero-order valence-corrected chi connectivity index (χ0v) is 15.5. The molecule has 0 bridgehead atoms. The van der Waals surface area contributed by atoms with Gasteiger partial charge in [0.25, 0.3) is 0 Å². The summed E-state index contributed by atoms with van der Waals surface area (Å²) in [6, 6.07) is 17.5. The highest BCUT2D eigenvalue weighted by atomic mass is 16.4. The maximum atomic E-state index is 12.7. The smallest absolute Gasteiger partial charge is 0.321 e. The molecule has 2 aromatic carbocycles. The van der Waals surface area contributed by atoms with E-state index in [4.69, 9.17) is 0 Å². The lowest BCUT2D eigenvalue weighted by Gasteiger charge is -2.31. The number of rotatable bonds is 5. The number of piperidine rings is 1. The number of carboxylic acids is 1. The number of carboxylic acid groups (broad SMARTS) is 1. The molecule has 1 heterocycles. The van der Waals surface area contributed by atoms with Gasteiger partial charge in [-0.3, -0.25) is 4.79 Å². The molecular formula is C21H25N3O3. The van der Waals surface area contributed by atoms with Gasteiger partial charge in [-0.1, -0.05) is 42.5 Å². The zero-order chi connectivity index (χ0) is 19.2. The number of anilines is 2. The highest BCUT2D eigenvalue weighted by Gasteiger charge is 2.28. The van der Waals surface area contributed by atoms with E-state index in [1.165, 1.54) is 5.56 Å². The average molecular weight is 367 g/mol. The van der Waals surface area contributed by atoms with Crippen molar-refractivity contribution in [1.82, 2.24) is 4.90 Å². The number of benzene rings is 2. The molecule has 2 amide bonds. The normalized spacial score (nSPS) is 16.6. The van der Waals surface area contributed by atoms with Crippen molar-refractivity contribution in [2.45, 2.75) is 19.4 Å². The number of amides is 2. The third kappa shape index (κ3) is 4.78. The summed E-state index contributed by atoms with van der Waals surface area (Å²) in [4.78, 5) is 27.6. The Balaban J connectivity index is 1.70. The Labute approximate surface area is 159 Å². The van der Waals surface area contributed by atoms with Crippen LogP contribution in [0.4, 0.5) is 16.2 Å². The molecule has 6 heteroatoms. The van der Waals surface area contributed by atoms with Crippen LogP contribution in [0.5, 0.6) is 0 Å². The molecule has 2 aromatic rings. The fraction of sp³-hybridized carbons (Fsp3) is 0.333. The maximum absolute atomic E-state index is 12.7. The van der Waals surface area contributed by atoms with Crippen LogP contribution in [0.3, 0.4) is 0 Å². The number of aliphatic carboxylic acids is 1. The van der Waals surface area contributed by atoms with E-state index < -0.39 is 11.9 Å². The number of carbonyl (C=O) groups is 2. The van der Waals surface area contributed by atoms with Crippen molar-refractivity contribution in [2.75, 3.05) is 30.4 Å². The number of hydrogen-bond donors (Lipinski definition) is 2. The third-order valence-corrected chi connectivity index (χ3v) is 4.88. The summed E-state index contributed by atoms with van der Waals surface area (Å²) in [6.45, 7) is 1.55. The van der Waals surface area contributed by atoms with E-state index in [0.29, 0.717) is 19.4 Å². The van der Waals surface area contributed by atoms with Gasteiger partial charge >= 0.3 is 12.0 Å². The fourth-order valence-electron chi connectivity index (χ4n) is 3.41. The molecule has 0 spiro atoms. The van der Waals surface area contributed by atoms with Crippen molar-refractivity contribution >= 4 is 23.4 Å². The van der Waals surface area contributed by atoms with Crippen molar-refractivity contribution in [2.24, 2.45) is 5.92 Å². The minimum absolute atomic E-state index is 0.249. The van der Waals surface area contributed by atoms with E-state index in [9.17, 15) is 14.7 Å². The molecule has 27 heavy (non-hydrogen) atoms. The second-order valence-electron chi connectivity index (χ2n) is 6.91. The molecule has 1 aliphatic heterocycles. The summed E-state index contributed by atoms with van der Waals surface area (Å²) < 4.78 is 0. The van der Waals surface area contributed by atoms with Gasteiger partial charge in [-0.15, -0.1) is 0 Å². The SMILES string of the molecule is CN(Cc1ccccc1)c1ccccc1NC(=O)N1CCCC(C(=O)O)C1. The van der Waals surface area contributed by atoms with Gasteiger partial charge in [-0.25, -0.2) is 4.79 Å². The molecule has 1 fully saturated rings. The van der Waals surface area contributed by atoms with Gasteiger partial charge in [0, 0.05) is 26.7 Å². The van der Waals surface area contributed by atoms with Crippen molar-refractivity contribution in [3.8, 4) is 0 Å². The molecule has 2 N–H and O–H groups in total. The largest absolute Gasteiger partial charge is 0.481 e. The van der Waals surface area contributed by atoms with Gasteiger partial charge in [0.1, 0.15) is 0 Å². The van der Waals surface area contributed by atoms with Crippen LogP contribution in [0.1, 0.15) is 18.4 Å². The molecule has 0 aliphatic carbocycles. The van der Waals surface area contributed by atoms with Crippen LogP contribution in [-0.4, -0.2) is 42.1 Å². The first-order valence-corrected chi connectivity index (χ1v) is 9.17. The summed E-state index contributed by atoms with van der Waals surface area (Å²) in [5, 5.41) is 12.2. The van der Waals surface area contributed by atoms with Crippen LogP contribution in [0.2, 0.25) is 0 Å². The zero-order valence-electron chi connectivity index (χ0n) is 15.5. The summed E-state index contributed by atoms with van der Waals surface area (Å²) >= 11 is 0. The van der Waals surface area contributed by atoms with Gasteiger partial charge in [0.05, 0.1) is 17.3 Å². The highest BCUT2D eigenvalue weighted by molar-refractivity contribution is 5.93. The molecule has 1 atom stereocenters. The van der Waals surface area contributed by atoms with Gasteiger partial charge in [0.15, 0.2) is 0 Å². The first-order chi connectivity index (χ1) is 13.0. The molecule has 142 valence electrons. The predicted molar refractivity (Wildman–Crippen MR) is 106 cm³/mol. The molecule has 1 saturated heterocycles. The number of urea groups is 1. The molecule has 0 saturated carbocycles. The second kappa shape index (κ2) is 8.58. The third-order valence-electron chi connectivity index (χ3n) is 4.88. The first-order valence-electron chi connectivity index (χ1n) is 9.17. The molecular weight excluding hydrogens is 342 g/mol. The lowest BCUT2D eigenvalue weighted by molar-refractivity contribution is -0.143. The van der Waals surface area contributed by atoms with Gasteiger partial charge in [-0.2, -0.15) is 0 Å². The first kappa shape index (κ1) is 18.8. The Morgan fingerprint density at radius 2 is 1.85 bits per heavy atom. The monoisotopic (exact) mass is 367 g/mol. The van der Waals surface area contributed by atoms with E-state index in [2.05, 4.69) is 22.3 Å². The molecule has 1 aliphatic rings. The Kier molecular flexibility index (Phi) is 5.96. The molecule has 1 unspecified atom stereocenters. The number of nitrogens with zero attached hydrogens (tertiary/aromatic N) is 2. The van der Waals surface area contributed by atoms with Gasteiger partial charge < -0.3 is 20.2 Å². The van der Waals surface area contributed by atoms with Crippen LogP contribution in [0.15, 0.2) is 54.6 Å². The fourth-order valence-corrected chi connectivity index (χ4v) is 3.41. The standard InChI is InChI=1S/C21H25N3O3/c1-23(14-16-8-3-2-4-9-16)19-12-6-5-11-18(19)22-21(27)24-13-7-10-17(15-24)20(25)26/h2-6,8-9,11-12,17H,7,10,13-15H2,1H3,(H,22,27)(H,25,26). The van der Waals surface area contributed by atoms with Crippen molar-refractivity contribution in [1.29, 1.82) is 0 Å². The molecule has 6 nitrogen and oxygen atoms in total. The summed E-state index contributed by atoms with van der Waals surface area (Å²) in [6.07, 6.45) is 1.33. The lowest BCUT2D eigenvalue weighted by atomic mass is 9.99. The van der Waals surface area contributed by atoms with Crippen molar-refractivity contribution in [3.05, 3.63) is 60.2 Å². The van der Waals surface area contributed by atoms with Crippen molar-refractivity contribution < 1.29 is 14.7 Å². The van der Waals surface area contributed by atoms with E-state index in [1.807, 2.05) is 49.5 Å². The van der Waals surface area contributed by atoms with Gasteiger partial charge in [-0.05, 0) is 30.5 Å². The quantitative estimate of drug-likeness (QED) is 0.846. The van der Waals surface area contributed by atoms with E-state index in [0.717, 1.165) is 17.9 Å². The molecule has 0 aromatic heterocycles. The number of hydrogen-bond acceptors (Lipinski definition) is 3. The minimum atomic E-state index is -0.838. The van der Waals surface area contributed by atoms with E-state index >= 15 is 0 Å².